The summed E-state index contributed by atoms with van der Waals surface area (Å²) in [6.07, 6.45) is 2.07. The third-order valence-corrected chi connectivity index (χ3v) is 5.52. The predicted octanol–water partition coefficient (Wildman–Crippen LogP) is 1.09. The van der Waals surface area contributed by atoms with Crippen LogP contribution in [0.5, 0.6) is 0 Å². The molecule has 0 radical (unpaired) electrons. The molecule has 0 unspecified atom stereocenters. The van der Waals surface area contributed by atoms with Crippen LogP contribution in [0.3, 0.4) is 0 Å². The van der Waals surface area contributed by atoms with Crippen molar-refractivity contribution >= 4 is 16.0 Å². The minimum Gasteiger partial charge on any atom is -0.478 e. The van der Waals surface area contributed by atoms with Gasteiger partial charge in [0.2, 0.25) is 10.0 Å². The van der Waals surface area contributed by atoms with Crippen molar-refractivity contribution in [1.82, 2.24) is 4.31 Å². The maximum Gasteiger partial charge on any atom is 0.336 e. The van der Waals surface area contributed by atoms with E-state index in [0.717, 1.165) is 12.8 Å². The molecule has 7 heteroatoms. The zero-order valence-corrected chi connectivity index (χ0v) is 12.6. The first-order chi connectivity index (χ1) is 9.91. The van der Waals surface area contributed by atoms with E-state index >= 15 is 0 Å². The molecule has 0 atom stereocenters. The highest BCUT2D eigenvalue weighted by Gasteiger charge is 2.37. The molecule has 0 heterocycles. The Morgan fingerprint density at radius 2 is 2.05 bits per heavy atom. The number of aliphatic hydroxyl groups excluding tert-OH is 1. The van der Waals surface area contributed by atoms with Gasteiger partial charge in [-0.2, -0.15) is 4.31 Å². The zero-order chi connectivity index (χ0) is 15.6. The van der Waals surface area contributed by atoms with Crippen LogP contribution in [0.15, 0.2) is 23.1 Å². The number of hydrogen-bond donors (Lipinski definition) is 2. The van der Waals surface area contributed by atoms with Crippen molar-refractivity contribution < 1.29 is 23.4 Å². The quantitative estimate of drug-likeness (QED) is 0.786. The van der Waals surface area contributed by atoms with E-state index in [1.54, 1.807) is 6.07 Å². The van der Waals surface area contributed by atoms with Gasteiger partial charge in [-0.1, -0.05) is 13.0 Å². The average Bonchev–Trinajstić information content (AvgIpc) is 3.28. The van der Waals surface area contributed by atoms with Crippen molar-refractivity contribution in [3.05, 3.63) is 29.3 Å². The molecule has 2 N–H and O–H groups in total. The molecule has 0 saturated heterocycles. The summed E-state index contributed by atoms with van der Waals surface area (Å²) >= 11 is 0. The second-order valence-electron chi connectivity index (χ2n) is 5.05. The van der Waals surface area contributed by atoms with E-state index in [1.165, 1.54) is 16.4 Å². The topological polar surface area (TPSA) is 94.9 Å². The number of hydrogen-bond acceptors (Lipinski definition) is 4. The van der Waals surface area contributed by atoms with Crippen LogP contribution in [-0.4, -0.2) is 48.1 Å². The van der Waals surface area contributed by atoms with E-state index in [1.807, 2.05) is 6.92 Å². The number of aromatic carboxylic acids is 1. The van der Waals surface area contributed by atoms with Crippen molar-refractivity contribution in [2.24, 2.45) is 0 Å². The van der Waals surface area contributed by atoms with Gasteiger partial charge in [0.1, 0.15) is 0 Å². The Kier molecular flexibility index (Phi) is 4.65. The second-order valence-corrected chi connectivity index (χ2v) is 6.94. The molecule has 1 aromatic carbocycles. The molecular weight excluding hydrogens is 294 g/mol. The number of aryl methyl sites for hydroxylation is 1. The molecular formula is C14H19NO5S. The van der Waals surface area contributed by atoms with E-state index in [0.29, 0.717) is 12.0 Å². The number of rotatable bonds is 7. The van der Waals surface area contributed by atoms with E-state index in [-0.39, 0.29) is 29.7 Å². The average molecular weight is 313 g/mol. The Balaban J connectivity index is 2.44. The van der Waals surface area contributed by atoms with E-state index in [2.05, 4.69) is 0 Å². The third kappa shape index (κ3) is 3.25. The lowest BCUT2D eigenvalue weighted by molar-refractivity contribution is 0.0695. The van der Waals surface area contributed by atoms with E-state index < -0.39 is 16.0 Å². The molecule has 1 aliphatic carbocycles. The molecule has 1 saturated carbocycles. The molecule has 0 bridgehead atoms. The van der Waals surface area contributed by atoms with Crippen LogP contribution in [-0.2, 0) is 16.4 Å². The molecule has 1 fully saturated rings. The van der Waals surface area contributed by atoms with Crippen molar-refractivity contribution in [3.63, 3.8) is 0 Å². The summed E-state index contributed by atoms with van der Waals surface area (Å²) < 4.78 is 26.5. The molecule has 0 amide bonds. The number of carboxylic acid groups (broad SMARTS) is 1. The number of sulfonamides is 1. The molecule has 0 aliphatic heterocycles. The number of benzene rings is 1. The highest BCUT2D eigenvalue weighted by Crippen LogP contribution is 2.32. The summed E-state index contributed by atoms with van der Waals surface area (Å²) in [5, 5.41) is 18.3. The maximum atomic E-state index is 12.6. The lowest BCUT2D eigenvalue weighted by Gasteiger charge is -2.21. The van der Waals surface area contributed by atoms with E-state index in [4.69, 9.17) is 5.11 Å². The summed E-state index contributed by atoms with van der Waals surface area (Å²) in [7, 11) is -3.77. The summed E-state index contributed by atoms with van der Waals surface area (Å²) in [5.41, 5.74) is 0.611. The standard InChI is InChI=1S/C14H19NO5S/c1-2-10-3-6-12(9-13(10)14(17)18)21(19,20)15(7-8-16)11-4-5-11/h3,6,9,11,16H,2,4-5,7-8H2,1H3,(H,17,18). The van der Waals surface area contributed by atoms with Crippen LogP contribution in [0.1, 0.15) is 35.7 Å². The number of nitrogens with zero attached hydrogens (tertiary/aromatic N) is 1. The molecule has 1 aliphatic rings. The lowest BCUT2D eigenvalue weighted by atomic mass is 10.1. The second kappa shape index (κ2) is 6.13. The van der Waals surface area contributed by atoms with Crippen LogP contribution in [0.2, 0.25) is 0 Å². The van der Waals surface area contributed by atoms with Crippen molar-refractivity contribution in [2.75, 3.05) is 13.2 Å². The Morgan fingerprint density at radius 3 is 2.52 bits per heavy atom. The fourth-order valence-corrected chi connectivity index (χ4v) is 4.02. The first-order valence-electron chi connectivity index (χ1n) is 6.90. The lowest BCUT2D eigenvalue weighted by Crippen LogP contribution is -2.35. The molecule has 116 valence electrons. The Morgan fingerprint density at radius 1 is 1.38 bits per heavy atom. The van der Waals surface area contributed by atoms with Gasteiger partial charge in [0.05, 0.1) is 17.1 Å². The van der Waals surface area contributed by atoms with Gasteiger partial charge in [-0.25, -0.2) is 13.2 Å². The summed E-state index contributed by atoms with van der Waals surface area (Å²) in [6, 6.07) is 4.11. The zero-order valence-electron chi connectivity index (χ0n) is 11.8. The molecule has 1 aromatic rings. The van der Waals surface area contributed by atoms with Crippen LogP contribution in [0.4, 0.5) is 0 Å². The monoisotopic (exact) mass is 313 g/mol. The van der Waals surface area contributed by atoms with Gasteiger partial charge < -0.3 is 10.2 Å². The summed E-state index contributed by atoms with van der Waals surface area (Å²) in [6.45, 7) is 1.59. The van der Waals surface area contributed by atoms with Crippen molar-refractivity contribution in [2.45, 2.75) is 37.1 Å². The summed E-state index contributed by atoms with van der Waals surface area (Å²) in [4.78, 5) is 11.2. The highest BCUT2D eigenvalue weighted by atomic mass is 32.2. The number of aliphatic hydroxyl groups is 1. The normalized spacial score (nSPS) is 15.4. The smallest absolute Gasteiger partial charge is 0.336 e. The Labute approximate surface area is 124 Å². The molecule has 21 heavy (non-hydrogen) atoms. The van der Waals surface area contributed by atoms with Gasteiger partial charge in [0.15, 0.2) is 0 Å². The van der Waals surface area contributed by atoms with E-state index in [9.17, 15) is 18.3 Å². The highest BCUT2D eigenvalue weighted by molar-refractivity contribution is 7.89. The SMILES string of the molecule is CCc1ccc(S(=O)(=O)N(CCO)C2CC2)cc1C(=O)O. The van der Waals surface area contributed by atoms with Gasteiger partial charge in [-0.15, -0.1) is 0 Å². The molecule has 0 aromatic heterocycles. The van der Waals surface area contributed by atoms with Crippen LogP contribution >= 0.6 is 0 Å². The van der Waals surface area contributed by atoms with Gasteiger partial charge in [-0.05, 0) is 37.0 Å². The fraction of sp³-hybridized carbons (Fsp3) is 0.500. The minimum atomic E-state index is -3.77. The van der Waals surface area contributed by atoms with Crippen LogP contribution in [0, 0.1) is 0 Å². The number of carbonyl (C=O) groups is 1. The summed E-state index contributed by atoms with van der Waals surface area (Å²) in [5.74, 6) is -1.14. The van der Waals surface area contributed by atoms with Gasteiger partial charge in [0.25, 0.3) is 0 Å². The van der Waals surface area contributed by atoms with Crippen molar-refractivity contribution in [3.8, 4) is 0 Å². The van der Waals surface area contributed by atoms with Gasteiger partial charge in [-0.3, -0.25) is 0 Å². The maximum absolute atomic E-state index is 12.6. The molecule has 0 spiro atoms. The third-order valence-electron chi connectivity index (χ3n) is 3.57. The predicted molar refractivity (Wildman–Crippen MR) is 76.8 cm³/mol. The Hall–Kier alpha value is -1.44. The minimum absolute atomic E-state index is 0.0123. The first kappa shape index (κ1) is 15.9. The Bertz CT molecular complexity index is 637. The first-order valence-corrected chi connectivity index (χ1v) is 8.34. The van der Waals surface area contributed by atoms with Gasteiger partial charge in [0, 0.05) is 12.6 Å². The fourth-order valence-electron chi connectivity index (χ4n) is 2.32. The largest absolute Gasteiger partial charge is 0.478 e. The van der Waals surface area contributed by atoms with Crippen LogP contribution in [0.25, 0.3) is 0 Å². The van der Waals surface area contributed by atoms with Gasteiger partial charge >= 0.3 is 5.97 Å². The number of carboxylic acids is 1. The molecule has 2 rings (SSSR count). The molecule has 6 nitrogen and oxygen atoms in total. The van der Waals surface area contributed by atoms with Crippen molar-refractivity contribution in [1.29, 1.82) is 0 Å². The van der Waals surface area contributed by atoms with Crippen LogP contribution < -0.4 is 0 Å².